The van der Waals surface area contributed by atoms with Gasteiger partial charge in [0.15, 0.2) is 0 Å². The largest absolute Gasteiger partial charge is 0.355 e. The van der Waals surface area contributed by atoms with Crippen molar-refractivity contribution in [2.75, 3.05) is 18.5 Å². The van der Waals surface area contributed by atoms with Crippen LogP contribution in [0.15, 0.2) is 18.2 Å². The third kappa shape index (κ3) is 5.37. The van der Waals surface area contributed by atoms with Crippen molar-refractivity contribution in [1.29, 1.82) is 0 Å². The van der Waals surface area contributed by atoms with Crippen molar-refractivity contribution < 1.29 is 18.4 Å². The summed E-state index contributed by atoms with van der Waals surface area (Å²) in [6.45, 7) is 6.98. The van der Waals surface area contributed by atoms with Crippen LogP contribution in [0, 0.1) is 0 Å². The fourth-order valence-electron chi connectivity index (χ4n) is 1.78. The van der Waals surface area contributed by atoms with E-state index in [0.29, 0.717) is 15.7 Å². The molecule has 130 valence electrons. The number of halogens is 2. The molecule has 0 atom stereocenters. The lowest BCUT2D eigenvalue weighted by Crippen LogP contribution is -2.46. The maximum absolute atomic E-state index is 12.8. The predicted octanol–water partition coefficient (Wildman–Crippen LogP) is 5.12. The van der Waals surface area contributed by atoms with Gasteiger partial charge in [-0.1, -0.05) is 23.2 Å². The summed E-state index contributed by atoms with van der Waals surface area (Å²) in [6.07, 6.45) is 0. The van der Waals surface area contributed by atoms with Gasteiger partial charge in [0.2, 0.25) is 0 Å². The normalized spacial score (nSPS) is 12.1. The molecule has 0 unspecified atom stereocenters. The smallest absolute Gasteiger partial charge is 0.321 e. The monoisotopic (exact) mass is 382 g/mol. The molecular weight excluding hydrogens is 362 g/mol. The van der Waals surface area contributed by atoms with Crippen LogP contribution in [0.5, 0.6) is 0 Å². The number of amides is 2. The molecule has 9 heteroatoms. The van der Waals surface area contributed by atoms with Gasteiger partial charge in [-0.2, -0.15) is 0 Å². The highest BCUT2D eigenvalue weighted by Crippen LogP contribution is 2.58. The van der Waals surface area contributed by atoms with Crippen LogP contribution in [0.4, 0.5) is 10.5 Å². The lowest BCUT2D eigenvalue weighted by atomic mass is 10.3. The van der Waals surface area contributed by atoms with E-state index in [9.17, 15) is 9.36 Å². The Labute approximate surface area is 146 Å². The molecule has 1 rings (SSSR count). The van der Waals surface area contributed by atoms with E-state index in [2.05, 4.69) is 10.6 Å². The number of benzene rings is 1. The van der Waals surface area contributed by atoms with Crippen LogP contribution in [0.2, 0.25) is 10.0 Å². The lowest BCUT2D eigenvalue weighted by Gasteiger charge is -2.33. The number of carbonyl (C=O) groups excluding carboxylic acids is 1. The van der Waals surface area contributed by atoms with Crippen LogP contribution in [0.3, 0.4) is 0 Å². The van der Waals surface area contributed by atoms with Crippen molar-refractivity contribution in [3.8, 4) is 0 Å². The van der Waals surface area contributed by atoms with E-state index in [0.717, 1.165) is 0 Å². The molecule has 0 heterocycles. The molecule has 6 nitrogen and oxygen atoms in total. The first-order valence-corrected chi connectivity index (χ1v) is 9.38. The molecule has 2 N–H and O–H groups in total. The summed E-state index contributed by atoms with van der Waals surface area (Å²) in [4.78, 5) is 12.1. The van der Waals surface area contributed by atoms with Gasteiger partial charge < -0.3 is 19.7 Å². The second-order valence-electron chi connectivity index (χ2n) is 5.10. The topological polar surface area (TPSA) is 76.7 Å². The summed E-state index contributed by atoms with van der Waals surface area (Å²) in [5.74, 6) is 0. The zero-order chi connectivity index (χ0) is 17.7. The predicted molar refractivity (Wildman–Crippen MR) is 93.6 cm³/mol. The minimum Gasteiger partial charge on any atom is -0.321 e. The number of rotatable bonds is 7. The molecule has 0 spiro atoms. The lowest BCUT2D eigenvalue weighted by molar-refractivity contribution is 0.191. The van der Waals surface area contributed by atoms with E-state index in [1.807, 2.05) is 0 Å². The Morgan fingerprint density at radius 3 is 2.22 bits per heavy atom. The van der Waals surface area contributed by atoms with Gasteiger partial charge in [-0.3, -0.25) is 4.57 Å². The Hall–Kier alpha value is -0.780. The Morgan fingerprint density at radius 1 is 1.17 bits per heavy atom. The molecule has 1 aromatic rings. The number of hydrogen-bond donors (Lipinski definition) is 2. The van der Waals surface area contributed by atoms with Crippen molar-refractivity contribution >= 4 is 42.5 Å². The van der Waals surface area contributed by atoms with E-state index in [4.69, 9.17) is 32.2 Å². The summed E-state index contributed by atoms with van der Waals surface area (Å²) in [6, 6.07) is 4.12. The van der Waals surface area contributed by atoms with Crippen LogP contribution >= 0.6 is 30.8 Å². The van der Waals surface area contributed by atoms with Gasteiger partial charge in [0.25, 0.3) is 0 Å². The van der Waals surface area contributed by atoms with Crippen molar-refractivity contribution in [3.05, 3.63) is 28.2 Å². The fraction of sp³-hybridized carbons (Fsp3) is 0.500. The van der Waals surface area contributed by atoms with E-state index in [-0.39, 0.29) is 13.2 Å². The molecule has 0 saturated heterocycles. The Balaban J connectivity index is 2.84. The standard InChI is InChI=1S/C14H21Cl2N2O4P/c1-5-21-23(20,22-6-2)14(3,4)18-13(19)17-10-7-8-11(15)12(16)9-10/h7-9H,5-6H2,1-4H3,(H2,17,18,19). The highest BCUT2D eigenvalue weighted by atomic mass is 35.5. The maximum atomic E-state index is 12.8. The Bertz CT molecular complexity index is 600. The third-order valence-electron chi connectivity index (χ3n) is 2.88. The van der Waals surface area contributed by atoms with Crippen LogP contribution < -0.4 is 10.6 Å². The van der Waals surface area contributed by atoms with E-state index < -0.39 is 18.9 Å². The van der Waals surface area contributed by atoms with E-state index >= 15 is 0 Å². The minimum atomic E-state index is -3.52. The molecule has 0 aliphatic rings. The summed E-state index contributed by atoms with van der Waals surface area (Å²) < 4.78 is 23.3. The SMILES string of the molecule is CCOP(=O)(OCC)C(C)(C)NC(=O)Nc1ccc(Cl)c(Cl)c1. The molecule has 0 radical (unpaired) electrons. The Morgan fingerprint density at radius 2 is 1.74 bits per heavy atom. The Kier molecular flexibility index (Phi) is 7.36. The van der Waals surface area contributed by atoms with Gasteiger partial charge in [0.1, 0.15) is 5.28 Å². The molecule has 0 saturated carbocycles. The summed E-state index contributed by atoms with van der Waals surface area (Å²) >= 11 is 11.7. The zero-order valence-corrected chi connectivity index (χ0v) is 15.9. The molecule has 0 aliphatic carbocycles. The van der Waals surface area contributed by atoms with Crippen LogP contribution in [0.25, 0.3) is 0 Å². The van der Waals surface area contributed by atoms with Crippen molar-refractivity contribution in [3.63, 3.8) is 0 Å². The first kappa shape index (κ1) is 20.3. The number of urea groups is 1. The molecule has 0 aromatic heterocycles. The number of anilines is 1. The highest BCUT2D eigenvalue weighted by molar-refractivity contribution is 7.55. The van der Waals surface area contributed by atoms with E-state index in [1.54, 1.807) is 39.8 Å². The third-order valence-corrected chi connectivity index (χ3v) is 6.30. The van der Waals surface area contributed by atoms with Crippen molar-refractivity contribution in [1.82, 2.24) is 5.32 Å². The fourth-order valence-corrected chi connectivity index (χ4v) is 3.72. The average Bonchev–Trinajstić information content (AvgIpc) is 2.42. The maximum Gasteiger partial charge on any atom is 0.355 e. The summed E-state index contributed by atoms with van der Waals surface area (Å²) in [7, 11) is -3.52. The van der Waals surface area contributed by atoms with Crippen LogP contribution in [0.1, 0.15) is 27.7 Å². The van der Waals surface area contributed by atoms with Gasteiger partial charge >= 0.3 is 13.6 Å². The number of hydrogen-bond acceptors (Lipinski definition) is 4. The van der Waals surface area contributed by atoms with Crippen LogP contribution in [-0.4, -0.2) is 24.5 Å². The van der Waals surface area contributed by atoms with Crippen molar-refractivity contribution in [2.24, 2.45) is 0 Å². The van der Waals surface area contributed by atoms with Gasteiger partial charge in [-0.05, 0) is 45.9 Å². The van der Waals surface area contributed by atoms with E-state index in [1.165, 1.54) is 6.07 Å². The molecule has 2 amide bonds. The minimum absolute atomic E-state index is 0.205. The molecule has 1 aromatic carbocycles. The van der Waals surface area contributed by atoms with Gasteiger partial charge in [0.05, 0.1) is 23.3 Å². The van der Waals surface area contributed by atoms with Gasteiger partial charge in [-0.25, -0.2) is 4.79 Å². The molecule has 0 bridgehead atoms. The van der Waals surface area contributed by atoms with Crippen LogP contribution in [-0.2, 0) is 13.6 Å². The first-order valence-electron chi connectivity index (χ1n) is 7.08. The highest BCUT2D eigenvalue weighted by Gasteiger charge is 2.44. The summed E-state index contributed by atoms with van der Waals surface area (Å²) in [5, 5.41) is 4.70. The van der Waals surface area contributed by atoms with Gasteiger partial charge in [0, 0.05) is 5.69 Å². The number of carbonyl (C=O) groups is 1. The van der Waals surface area contributed by atoms with Gasteiger partial charge in [-0.15, -0.1) is 0 Å². The molecule has 23 heavy (non-hydrogen) atoms. The quantitative estimate of drug-likeness (QED) is 0.641. The summed E-state index contributed by atoms with van der Waals surface area (Å²) in [5.41, 5.74) is 0.454. The molecule has 0 fully saturated rings. The molecule has 0 aliphatic heterocycles. The van der Waals surface area contributed by atoms with Crippen molar-refractivity contribution in [2.45, 2.75) is 33.0 Å². The second kappa shape index (κ2) is 8.36. The average molecular weight is 383 g/mol. The second-order valence-corrected chi connectivity index (χ2v) is 8.54. The molecular formula is C14H21Cl2N2O4P. The zero-order valence-electron chi connectivity index (χ0n) is 13.5. The number of nitrogens with one attached hydrogen (secondary N) is 2. The first-order chi connectivity index (χ1) is 10.6.